The molecule has 1 aliphatic carbocycles. The Labute approximate surface area is 127 Å². The second-order valence-electron chi connectivity index (χ2n) is 5.55. The lowest BCUT2D eigenvalue weighted by molar-refractivity contribution is -0.101. The van der Waals surface area contributed by atoms with Crippen LogP contribution in [-0.2, 0) is 9.47 Å². The molecule has 2 aliphatic rings. The average Bonchev–Trinajstić information content (AvgIpc) is 2.82. The quantitative estimate of drug-likeness (QED) is 0.749. The molecule has 1 saturated heterocycles. The first-order valence-corrected chi connectivity index (χ1v) is 7.30. The van der Waals surface area contributed by atoms with Gasteiger partial charge in [-0.25, -0.2) is 0 Å². The third-order valence-electron chi connectivity index (χ3n) is 4.01. The Morgan fingerprint density at radius 2 is 2.09 bits per heavy atom. The van der Waals surface area contributed by atoms with Crippen molar-refractivity contribution in [1.29, 1.82) is 0 Å². The molecule has 0 radical (unpaired) electrons. The Morgan fingerprint density at radius 1 is 1.32 bits per heavy atom. The van der Waals surface area contributed by atoms with Gasteiger partial charge in [0.2, 0.25) is 0 Å². The number of hydrogen-bond donors (Lipinski definition) is 0. The van der Waals surface area contributed by atoms with Crippen LogP contribution in [0.1, 0.15) is 29.9 Å². The molecule has 0 spiro atoms. The summed E-state index contributed by atoms with van der Waals surface area (Å²) in [6.45, 7) is 0.837. The Kier molecular flexibility index (Phi) is 4.25. The number of fused-ring (bicyclic) bond motifs is 1. The number of alkyl halides is 3. The summed E-state index contributed by atoms with van der Waals surface area (Å²) in [6.07, 6.45) is 0.826. The topological polar surface area (TPSA) is 18.5 Å². The Hall–Kier alpha value is -1.75. The first-order valence-electron chi connectivity index (χ1n) is 7.30. The number of allylic oxidation sites excluding steroid dienone is 2. The molecule has 1 heterocycles. The van der Waals surface area contributed by atoms with Gasteiger partial charge in [-0.05, 0) is 17.5 Å². The molecule has 0 aromatic heterocycles. The van der Waals surface area contributed by atoms with Crippen LogP contribution in [0.2, 0.25) is 0 Å². The predicted octanol–water partition coefficient (Wildman–Crippen LogP) is 4.44. The van der Waals surface area contributed by atoms with E-state index in [9.17, 15) is 13.2 Å². The Bertz CT molecular complexity index is 586. The van der Waals surface area contributed by atoms with Gasteiger partial charge >= 0.3 is 6.18 Å². The number of benzene rings is 1. The van der Waals surface area contributed by atoms with E-state index in [0.717, 1.165) is 23.8 Å². The molecule has 22 heavy (non-hydrogen) atoms. The molecular formula is C17H17F3O2. The first-order chi connectivity index (χ1) is 10.5. The van der Waals surface area contributed by atoms with Crippen LogP contribution in [0, 0.1) is 0 Å². The molecular weight excluding hydrogens is 293 g/mol. The summed E-state index contributed by atoms with van der Waals surface area (Å²) >= 11 is 0. The maximum atomic E-state index is 13.2. The van der Waals surface area contributed by atoms with Crippen molar-refractivity contribution < 1.29 is 22.6 Å². The number of ether oxygens (including phenoxy) is 2. The molecule has 1 aromatic rings. The molecule has 2 atom stereocenters. The third kappa shape index (κ3) is 3.35. The molecule has 1 fully saturated rings. The van der Waals surface area contributed by atoms with Crippen molar-refractivity contribution in [2.45, 2.75) is 31.0 Å². The van der Waals surface area contributed by atoms with E-state index in [1.807, 2.05) is 36.4 Å². The van der Waals surface area contributed by atoms with Gasteiger partial charge in [0.05, 0.1) is 17.9 Å². The van der Waals surface area contributed by atoms with Crippen LogP contribution in [0.15, 0.2) is 42.2 Å². The molecule has 118 valence electrons. The molecule has 3 rings (SSSR count). The average molecular weight is 310 g/mol. The minimum Gasteiger partial charge on any atom is -0.498 e. The standard InChI is InChI=1S/C17H17F3O2/c18-17(19,20)14(10-21-11-15-7-8-22-15)9-13-6-5-12-3-1-2-4-16(12)13/h1-6,10,13,15H,7-9,11H2. The van der Waals surface area contributed by atoms with Crippen molar-refractivity contribution in [3.05, 3.63) is 53.3 Å². The SMILES string of the molecule is FC(F)(F)C(=COCC1CCO1)CC1C=Cc2ccccc21. The lowest BCUT2D eigenvalue weighted by Crippen LogP contribution is -2.30. The summed E-state index contributed by atoms with van der Waals surface area (Å²) < 4.78 is 49.7. The van der Waals surface area contributed by atoms with Crippen LogP contribution in [-0.4, -0.2) is 25.5 Å². The van der Waals surface area contributed by atoms with Gasteiger partial charge in [0.15, 0.2) is 0 Å². The molecule has 2 nitrogen and oxygen atoms in total. The van der Waals surface area contributed by atoms with E-state index in [-0.39, 0.29) is 25.0 Å². The fraction of sp³-hybridized carbons (Fsp3) is 0.412. The molecule has 0 N–H and O–H groups in total. The highest BCUT2D eigenvalue weighted by atomic mass is 19.4. The van der Waals surface area contributed by atoms with E-state index >= 15 is 0 Å². The second kappa shape index (κ2) is 6.16. The lowest BCUT2D eigenvalue weighted by Gasteiger charge is -2.25. The summed E-state index contributed by atoms with van der Waals surface area (Å²) in [7, 11) is 0. The molecule has 0 amide bonds. The molecule has 2 unspecified atom stereocenters. The summed E-state index contributed by atoms with van der Waals surface area (Å²) in [6, 6.07) is 7.51. The molecule has 0 bridgehead atoms. The lowest BCUT2D eigenvalue weighted by atomic mass is 9.94. The molecule has 5 heteroatoms. The summed E-state index contributed by atoms with van der Waals surface area (Å²) in [4.78, 5) is 0. The van der Waals surface area contributed by atoms with Crippen molar-refractivity contribution in [2.24, 2.45) is 0 Å². The molecule has 1 aliphatic heterocycles. The Morgan fingerprint density at radius 3 is 2.77 bits per heavy atom. The van der Waals surface area contributed by atoms with Gasteiger partial charge < -0.3 is 9.47 Å². The van der Waals surface area contributed by atoms with Crippen LogP contribution in [0.3, 0.4) is 0 Å². The smallest absolute Gasteiger partial charge is 0.415 e. The van der Waals surface area contributed by atoms with Crippen LogP contribution in [0.5, 0.6) is 0 Å². The predicted molar refractivity (Wildman–Crippen MR) is 77.3 cm³/mol. The van der Waals surface area contributed by atoms with Crippen molar-refractivity contribution in [3.63, 3.8) is 0 Å². The van der Waals surface area contributed by atoms with Gasteiger partial charge in [0.25, 0.3) is 0 Å². The van der Waals surface area contributed by atoms with Gasteiger partial charge in [-0.1, -0.05) is 36.4 Å². The monoisotopic (exact) mass is 310 g/mol. The van der Waals surface area contributed by atoms with Crippen LogP contribution in [0.4, 0.5) is 13.2 Å². The van der Waals surface area contributed by atoms with E-state index in [4.69, 9.17) is 9.47 Å². The van der Waals surface area contributed by atoms with Crippen LogP contribution < -0.4 is 0 Å². The highest BCUT2D eigenvalue weighted by Crippen LogP contribution is 2.39. The van der Waals surface area contributed by atoms with E-state index in [1.165, 1.54) is 0 Å². The minimum atomic E-state index is -4.38. The largest absolute Gasteiger partial charge is 0.498 e. The van der Waals surface area contributed by atoms with E-state index in [2.05, 4.69) is 0 Å². The van der Waals surface area contributed by atoms with Gasteiger partial charge in [-0.15, -0.1) is 0 Å². The fourth-order valence-corrected chi connectivity index (χ4v) is 2.64. The highest BCUT2D eigenvalue weighted by molar-refractivity contribution is 5.62. The summed E-state index contributed by atoms with van der Waals surface area (Å²) in [5, 5.41) is 0. The summed E-state index contributed by atoms with van der Waals surface area (Å²) in [5.74, 6) is -0.257. The Balaban J connectivity index is 1.68. The van der Waals surface area contributed by atoms with E-state index in [1.54, 1.807) is 0 Å². The van der Waals surface area contributed by atoms with Crippen LogP contribution in [0.25, 0.3) is 6.08 Å². The van der Waals surface area contributed by atoms with Gasteiger partial charge in [-0.3, -0.25) is 0 Å². The maximum Gasteiger partial charge on any atom is 0.415 e. The van der Waals surface area contributed by atoms with Crippen molar-refractivity contribution in [1.82, 2.24) is 0 Å². The normalized spacial score (nSPS) is 24.0. The summed E-state index contributed by atoms with van der Waals surface area (Å²) in [5.41, 5.74) is 1.27. The molecule has 1 aromatic carbocycles. The van der Waals surface area contributed by atoms with Crippen molar-refractivity contribution in [2.75, 3.05) is 13.2 Å². The van der Waals surface area contributed by atoms with Crippen molar-refractivity contribution >= 4 is 6.08 Å². The third-order valence-corrected chi connectivity index (χ3v) is 4.01. The zero-order valence-electron chi connectivity index (χ0n) is 12.0. The van der Waals surface area contributed by atoms with Gasteiger partial charge in [-0.2, -0.15) is 13.2 Å². The van der Waals surface area contributed by atoms with Crippen molar-refractivity contribution in [3.8, 4) is 0 Å². The van der Waals surface area contributed by atoms with Gasteiger partial charge in [0, 0.05) is 18.9 Å². The van der Waals surface area contributed by atoms with E-state index in [0.29, 0.717) is 6.61 Å². The molecule has 0 saturated carbocycles. The number of hydrogen-bond acceptors (Lipinski definition) is 2. The number of rotatable bonds is 5. The highest BCUT2D eigenvalue weighted by Gasteiger charge is 2.36. The van der Waals surface area contributed by atoms with Crippen LogP contribution >= 0.6 is 0 Å². The maximum absolute atomic E-state index is 13.2. The zero-order valence-corrected chi connectivity index (χ0v) is 12.0. The fourth-order valence-electron chi connectivity index (χ4n) is 2.64. The first kappa shape index (κ1) is 15.2. The minimum absolute atomic E-state index is 0.0714. The zero-order chi connectivity index (χ0) is 15.6. The van der Waals surface area contributed by atoms with Gasteiger partial charge in [0.1, 0.15) is 6.61 Å². The van der Waals surface area contributed by atoms with E-state index < -0.39 is 11.7 Å². The number of halogens is 3. The second-order valence-corrected chi connectivity index (χ2v) is 5.55.